The van der Waals surface area contributed by atoms with Crippen molar-refractivity contribution in [1.82, 2.24) is 9.97 Å². The highest BCUT2D eigenvalue weighted by molar-refractivity contribution is 7.90. The zero-order valence-electron chi connectivity index (χ0n) is 9.94. The summed E-state index contributed by atoms with van der Waals surface area (Å²) in [5.41, 5.74) is 0.612. The molecule has 1 N–H and O–H groups in total. The van der Waals surface area contributed by atoms with Gasteiger partial charge in [-0.05, 0) is 24.3 Å². The molecule has 98 valence electrons. The Hall–Kier alpha value is -2.28. The molecule has 1 aromatic carbocycles. The number of aromatic carboxylic acids is 1. The van der Waals surface area contributed by atoms with Crippen LogP contribution in [0.1, 0.15) is 10.4 Å². The number of benzene rings is 1. The molecule has 0 aliphatic rings. The Morgan fingerprint density at radius 3 is 2.05 bits per heavy atom. The first-order valence-electron chi connectivity index (χ1n) is 5.24. The van der Waals surface area contributed by atoms with Crippen LogP contribution in [0.2, 0.25) is 0 Å². The summed E-state index contributed by atoms with van der Waals surface area (Å²) in [6, 6.07) is 6.07. The molecule has 7 heteroatoms. The summed E-state index contributed by atoms with van der Waals surface area (Å²) < 4.78 is 22.6. The van der Waals surface area contributed by atoms with E-state index in [2.05, 4.69) is 9.97 Å². The molecule has 1 heterocycles. The Balaban J connectivity index is 2.35. The minimum Gasteiger partial charge on any atom is -0.478 e. The SMILES string of the molecule is CS(=O)(=O)c1ccc(-c2ncc(C(=O)O)cn2)cc1. The molecule has 6 nitrogen and oxygen atoms in total. The van der Waals surface area contributed by atoms with E-state index in [-0.39, 0.29) is 10.5 Å². The summed E-state index contributed by atoms with van der Waals surface area (Å²) >= 11 is 0. The predicted molar refractivity (Wildman–Crippen MR) is 67.5 cm³/mol. The molecule has 0 fully saturated rings. The highest BCUT2D eigenvalue weighted by atomic mass is 32.2. The van der Waals surface area contributed by atoms with Gasteiger partial charge < -0.3 is 5.11 Å². The quantitative estimate of drug-likeness (QED) is 0.907. The van der Waals surface area contributed by atoms with Crippen molar-refractivity contribution in [1.29, 1.82) is 0 Å². The van der Waals surface area contributed by atoms with Crippen LogP contribution in [0.4, 0.5) is 0 Å². The minimum absolute atomic E-state index is 0.00324. The van der Waals surface area contributed by atoms with Gasteiger partial charge in [0.15, 0.2) is 15.7 Å². The Labute approximate surface area is 109 Å². The van der Waals surface area contributed by atoms with E-state index in [4.69, 9.17) is 5.11 Å². The molecular formula is C12H10N2O4S. The topological polar surface area (TPSA) is 97.2 Å². The smallest absolute Gasteiger partial charge is 0.338 e. The normalized spacial score (nSPS) is 11.2. The average molecular weight is 278 g/mol. The number of nitrogens with zero attached hydrogens (tertiary/aromatic N) is 2. The van der Waals surface area contributed by atoms with Crippen LogP contribution >= 0.6 is 0 Å². The number of carbonyl (C=O) groups is 1. The summed E-state index contributed by atoms with van der Waals surface area (Å²) in [5, 5.41) is 8.73. The zero-order valence-corrected chi connectivity index (χ0v) is 10.8. The molecule has 0 spiro atoms. The Kier molecular flexibility index (Phi) is 3.30. The fraction of sp³-hybridized carbons (Fsp3) is 0.0833. The van der Waals surface area contributed by atoms with Gasteiger partial charge in [0.2, 0.25) is 0 Å². The van der Waals surface area contributed by atoms with E-state index in [1.54, 1.807) is 12.1 Å². The molecule has 0 atom stereocenters. The Bertz CT molecular complexity index is 706. The second-order valence-electron chi connectivity index (χ2n) is 3.90. The molecule has 0 saturated carbocycles. The number of hydrogen-bond donors (Lipinski definition) is 1. The summed E-state index contributed by atoms with van der Waals surface area (Å²) in [6.07, 6.45) is 3.53. The highest BCUT2D eigenvalue weighted by Crippen LogP contribution is 2.17. The molecule has 0 amide bonds. The van der Waals surface area contributed by atoms with Gasteiger partial charge in [-0.2, -0.15) is 0 Å². The van der Waals surface area contributed by atoms with E-state index in [0.29, 0.717) is 11.4 Å². The van der Waals surface area contributed by atoms with Gasteiger partial charge in [-0.15, -0.1) is 0 Å². The van der Waals surface area contributed by atoms with Crippen molar-refractivity contribution in [3.63, 3.8) is 0 Å². The Morgan fingerprint density at radius 1 is 1.11 bits per heavy atom. The van der Waals surface area contributed by atoms with E-state index in [1.807, 2.05) is 0 Å². The van der Waals surface area contributed by atoms with E-state index in [0.717, 1.165) is 6.26 Å². The minimum atomic E-state index is -3.24. The number of rotatable bonds is 3. The van der Waals surface area contributed by atoms with Crippen molar-refractivity contribution < 1.29 is 18.3 Å². The van der Waals surface area contributed by atoms with Crippen LogP contribution in [-0.2, 0) is 9.84 Å². The van der Waals surface area contributed by atoms with Crippen LogP contribution in [0.15, 0.2) is 41.6 Å². The molecule has 0 bridgehead atoms. The van der Waals surface area contributed by atoms with Crippen LogP contribution in [0, 0.1) is 0 Å². The summed E-state index contributed by atoms with van der Waals surface area (Å²) in [6.45, 7) is 0. The van der Waals surface area contributed by atoms with Gasteiger partial charge in [0.1, 0.15) is 0 Å². The molecule has 1 aromatic heterocycles. The van der Waals surface area contributed by atoms with Crippen molar-refractivity contribution in [2.45, 2.75) is 4.90 Å². The van der Waals surface area contributed by atoms with Crippen molar-refractivity contribution in [2.24, 2.45) is 0 Å². The molecule has 0 saturated heterocycles. The maximum absolute atomic E-state index is 11.3. The molecule has 0 aliphatic heterocycles. The molecule has 2 aromatic rings. The summed E-state index contributed by atoms with van der Waals surface area (Å²) in [4.78, 5) is 18.7. The summed E-state index contributed by atoms with van der Waals surface area (Å²) in [5.74, 6) is -0.760. The van der Waals surface area contributed by atoms with Crippen LogP contribution in [-0.4, -0.2) is 35.7 Å². The second-order valence-corrected chi connectivity index (χ2v) is 5.91. The van der Waals surface area contributed by atoms with E-state index in [1.165, 1.54) is 24.5 Å². The third-order valence-corrected chi connectivity index (χ3v) is 3.57. The van der Waals surface area contributed by atoms with Crippen LogP contribution in [0.25, 0.3) is 11.4 Å². The molecule has 0 unspecified atom stereocenters. The molecule has 2 rings (SSSR count). The second kappa shape index (κ2) is 4.77. The zero-order chi connectivity index (χ0) is 14.0. The highest BCUT2D eigenvalue weighted by Gasteiger charge is 2.09. The lowest BCUT2D eigenvalue weighted by Crippen LogP contribution is -2.00. The van der Waals surface area contributed by atoms with Crippen molar-refractivity contribution >= 4 is 15.8 Å². The van der Waals surface area contributed by atoms with Gasteiger partial charge in [-0.1, -0.05) is 0 Å². The van der Waals surface area contributed by atoms with Crippen LogP contribution in [0.3, 0.4) is 0 Å². The van der Waals surface area contributed by atoms with Gasteiger partial charge in [0.05, 0.1) is 10.5 Å². The molecule has 19 heavy (non-hydrogen) atoms. The maximum atomic E-state index is 11.3. The fourth-order valence-electron chi connectivity index (χ4n) is 1.44. The lowest BCUT2D eigenvalue weighted by Gasteiger charge is -2.02. The first-order valence-corrected chi connectivity index (χ1v) is 7.13. The van der Waals surface area contributed by atoms with E-state index < -0.39 is 15.8 Å². The van der Waals surface area contributed by atoms with Gasteiger partial charge in [0.25, 0.3) is 0 Å². The number of sulfone groups is 1. The van der Waals surface area contributed by atoms with Crippen molar-refractivity contribution in [3.05, 3.63) is 42.2 Å². The van der Waals surface area contributed by atoms with Gasteiger partial charge in [-0.3, -0.25) is 0 Å². The monoisotopic (exact) mass is 278 g/mol. The third kappa shape index (κ3) is 2.94. The molecular weight excluding hydrogens is 268 g/mol. The number of carboxylic acid groups (broad SMARTS) is 1. The lowest BCUT2D eigenvalue weighted by molar-refractivity contribution is 0.0696. The molecule has 0 aliphatic carbocycles. The van der Waals surface area contributed by atoms with Crippen molar-refractivity contribution in [2.75, 3.05) is 6.26 Å². The first-order chi connectivity index (χ1) is 8.88. The van der Waals surface area contributed by atoms with Crippen LogP contribution in [0.5, 0.6) is 0 Å². The maximum Gasteiger partial charge on any atom is 0.338 e. The fourth-order valence-corrected chi connectivity index (χ4v) is 2.07. The standard InChI is InChI=1S/C12H10N2O4S/c1-19(17,18)10-4-2-8(3-5-10)11-13-6-9(7-14-11)12(15)16/h2-7H,1H3,(H,15,16). The summed E-state index contributed by atoms with van der Waals surface area (Å²) in [7, 11) is -3.24. The average Bonchev–Trinajstić information content (AvgIpc) is 2.38. The van der Waals surface area contributed by atoms with Gasteiger partial charge in [-0.25, -0.2) is 23.2 Å². The Morgan fingerprint density at radius 2 is 1.63 bits per heavy atom. The van der Waals surface area contributed by atoms with E-state index >= 15 is 0 Å². The van der Waals surface area contributed by atoms with Crippen LogP contribution < -0.4 is 0 Å². The van der Waals surface area contributed by atoms with E-state index in [9.17, 15) is 13.2 Å². The largest absolute Gasteiger partial charge is 0.478 e. The number of aromatic nitrogens is 2. The van der Waals surface area contributed by atoms with Crippen molar-refractivity contribution in [3.8, 4) is 11.4 Å². The number of hydrogen-bond acceptors (Lipinski definition) is 5. The third-order valence-electron chi connectivity index (χ3n) is 2.44. The van der Waals surface area contributed by atoms with Gasteiger partial charge in [0, 0.05) is 24.2 Å². The number of carboxylic acids is 1. The first kappa shape index (κ1) is 13.2. The van der Waals surface area contributed by atoms with Gasteiger partial charge >= 0.3 is 5.97 Å². The lowest BCUT2D eigenvalue weighted by atomic mass is 10.2. The predicted octanol–water partition coefficient (Wildman–Crippen LogP) is 1.25. The molecule has 0 radical (unpaired) electrons.